The van der Waals surface area contributed by atoms with Crippen molar-refractivity contribution in [2.24, 2.45) is 17.2 Å². The van der Waals surface area contributed by atoms with Crippen molar-refractivity contribution in [3.8, 4) is 0 Å². The molecular formula is C15H19N5O4. The molecule has 2 atom stereocenters. The minimum absolute atomic E-state index is 0.138. The molecule has 0 radical (unpaired) electrons. The van der Waals surface area contributed by atoms with Gasteiger partial charge in [0.25, 0.3) is 0 Å². The largest absolute Gasteiger partial charge is 0.479 e. The Morgan fingerprint density at radius 2 is 2.00 bits per heavy atom. The Labute approximate surface area is 138 Å². The number of hydroxylamine groups is 2. The number of rotatable bonds is 7. The molecule has 128 valence electrons. The maximum Gasteiger partial charge on any atom is 0.333 e. The fraction of sp³-hybridized carbons (Fsp3) is 0.267. The van der Waals surface area contributed by atoms with E-state index in [9.17, 15) is 14.7 Å². The van der Waals surface area contributed by atoms with E-state index in [1.54, 1.807) is 6.08 Å². The lowest BCUT2D eigenvalue weighted by Crippen LogP contribution is -2.63. The van der Waals surface area contributed by atoms with Crippen LogP contribution in [0.3, 0.4) is 0 Å². The lowest BCUT2D eigenvalue weighted by molar-refractivity contribution is -0.154. The minimum atomic E-state index is -2.32. The van der Waals surface area contributed by atoms with Gasteiger partial charge in [-0.3, -0.25) is 20.1 Å². The Morgan fingerprint density at radius 1 is 1.38 bits per heavy atom. The molecule has 0 aromatic heterocycles. The lowest BCUT2D eigenvalue weighted by atomic mass is 9.82. The van der Waals surface area contributed by atoms with Gasteiger partial charge in [0.15, 0.2) is 11.3 Å². The average Bonchev–Trinajstić information content (AvgIpc) is 3.06. The van der Waals surface area contributed by atoms with Crippen molar-refractivity contribution >= 4 is 17.6 Å². The molecule has 24 heavy (non-hydrogen) atoms. The summed E-state index contributed by atoms with van der Waals surface area (Å²) >= 11 is 0. The standard InChI is InChI=1S/C15H19N5O4/c16-12(9-2-4-10(5-3-9)13(17)18)15(19,14(22)23)11(21)8-20-6-1-7-24-20/h1-6,12H,7-8,16,19H2,(H3,17,18)(H,22,23)/t12-,15-/m0/s1. The third-order valence-electron chi connectivity index (χ3n) is 3.79. The number of carboxylic acid groups (broad SMARTS) is 1. The van der Waals surface area contributed by atoms with Crippen molar-refractivity contribution in [2.45, 2.75) is 11.6 Å². The van der Waals surface area contributed by atoms with Crippen molar-refractivity contribution in [3.63, 3.8) is 0 Å². The highest BCUT2D eigenvalue weighted by Crippen LogP contribution is 2.24. The summed E-state index contributed by atoms with van der Waals surface area (Å²) in [4.78, 5) is 29.2. The van der Waals surface area contributed by atoms with E-state index in [1.165, 1.54) is 35.5 Å². The number of nitrogens with one attached hydrogen (secondary N) is 1. The topological polar surface area (TPSA) is 169 Å². The highest BCUT2D eigenvalue weighted by Gasteiger charge is 2.48. The van der Waals surface area contributed by atoms with Crippen molar-refractivity contribution in [1.29, 1.82) is 5.41 Å². The minimum Gasteiger partial charge on any atom is -0.479 e. The van der Waals surface area contributed by atoms with Crippen LogP contribution in [0.1, 0.15) is 17.2 Å². The molecule has 1 aromatic rings. The second kappa shape index (κ2) is 6.79. The first-order valence-corrected chi connectivity index (χ1v) is 7.08. The second-order valence-electron chi connectivity index (χ2n) is 5.37. The smallest absolute Gasteiger partial charge is 0.333 e. The first-order valence-electron chi connectivity index (χ1n) is 7.08. The molecule has 0 unspecified atom stereocenters. The van der Waals surface area contributed by atoms with Crippen LogP contribution in [0.4, 0.5) is 0 Å². The molecule has 0 saturated carbocycles. The van der Waals surface area contributed by atoms with E-state index in [-0.39, 0.29) is 12.4 Å². The molecule has 2 rings (SSSR count). The summed E-state index contributed by atoms with van der Waals surface area (Å²) in [6.07, 6.45) is 3.19. The lowest BCUT2D eigenvalue weighted by Gasteiger charge is -2.31. The number of benzene rings is 1. The Kier molecular flexibility index (Phi) is 4.98. The molecule has 0 fully saturated rings. The van der Waals surface area contributed by atoms with Gasteiger partial charge in [0.1, 0.15) is 12.4 Å². The van der Waals surface area contributed by atoms with Crippen molar-refractivity contribution in [2.75, 3.05) is 13.2 Å². The highest BCUT2D eigenvalue weighted by molar-refractivity contribution is 6.09. The number of hydrogen-bond donors (Lipinski definition) is 5. The number of carbonyl (C=O) groups excluding carboxylic acids is 1. The van der Waals surface area contributed by atoms with Crippen LogP contribution in [-0.2, 0) is 14.4 Å². The van der Waals surface area contributed by atoms with E-state index < -0.39 is 23.3 Å². The van der Waals surface area contributed by atoms with Gasteiger partial charge >= 0.3 is 5.97 Å². The number of amidine groups is 1. The van der Waals surface area contributed by atoms with E-state index in [2.05, 4.69) is 0 Å². The molecule has 0 saturated heterocycles. The monoisotopic (exact) mass is 333 g/mol. The Morgan fingerprint density at radius 3 is 2.46 bits per heavy atom. The third-order valence-corrected chi connectivity index (χ3v) is 3.79. The number of aliphatic carboxylic acids is 1. The first-order chi connectivity index (χ1) is 11.3. The van der Waals surface area contributed by atoms with E-state index in [1.807, 2.05) is 0 Å². The number of nitrogens with two attached hydrogens (primary N) is 3. The second-order valence-corrected chi connectivity index (χ2v) is 5.37. The van der Waals surface area contributed by atoms with Gasteiger partial charge in [-0.2, -0.15) is 0 Å². The molecule has 9 nitrogen and oxygen atoms in total. The van der Waals surface area contributed by atoms with E-state index in [0.717, 1.165) is 0 Å². The summed E-state index contributed by atoms with van der Waals surface area (Å²) in [6, 6.07) is 4.72. The Balaban J connectivity index is 2.26. The van der Waals surface area contributed by atoms with E-state index >= 15 is 0 Å². The molecule has 8 N–H and O–H groups in total. The van der Waals surface area contributed by atoms with Crippen LogP contribution in [-0.4, -0.2) is 46.4 Å². The molecule has 1 heterocycles. The number of Topliss-reactive ketones (excluding diaryl/α,β-unsaturated/α-hetero) is 1. The molecule has 0 amide bonds. The number of carbonyl (C=O) groups is 2. The zero-order valence-corrected chi connectivity index (χ0v) is 12.8. The highest BCUT2D eigenvalue weighted by atomic mass is 16.7. The SMILES string of the molecule is N=C(N)c1ccc([C@H](N)[C@](N)(C(=O)O)C(=O)CN2C=CCO2)cc1. The number of nitrogens with zero attached hydrogens (tertiary/aromatic N) is 1. The van der Waals surface area contributed by atoms with Gasteiger partial charge in [-0.15, -0.1) is 0 Å². The summed E-state index contributed by atoms with van der Waals surface area (Å²) in [7, 11) is 0. The quantitative estimate of drug-likeness (QED) is 0.242. The molecule has 0 spiro atoms. The average molecular weight is 333 g/mol. The summed E-state index contributed by atoms with van der Waals surface area (Å²) in [5, 5.41) is 18.0. The fourth-order valence-electron chi connectivity index (χ4n) is 2.27. The van der Waals surface area contributed by atoms with Crippen LogP contribution in [0.5, 0.6) is 0 Å². The summed E-state index contributed by atoms with van der Waals surface area (Å²) in [5.41, 5.74) is 15.7. The van der Waals surface area contributed by atoms with Crippen LogP contribution < -0.4 is 17.2 Å². The Bertz CT molecular complexity index is 688. The van der Waals surface area contributed by atoms with Gasteiger partial charge in [0, 0.05) is 11.8 Å². The Hall–Kier alpha value is -2.75. The predicted molar refractivity (Wildman–Crippen MR) is 85.7 cm³/mol. The van der Waals surface area contributed by atoms with Gasteiger partial charge < -0.3 is 22.3 Å². The molecule has 0 aliphatic carbocycles. The summed E-state index contributed by atoms with van der Waals surface area (Å²) < 4.78 is 0. The maximum atomic E-state index is 12.5. The molecule has 9 heteroatoms. The molecule has 1 aliphatic rings. The van der Waals surface area contributed by atoms with E-state index in [4.69, 9.17) is 27.4 Å². The van der Waals surface area contributed by atoms with Crippen molar-refractivity contribution < 1.29 is 19.5 Å². The van der Waals surface area contributed by atoms with Gasteiger partial charge in [-0.25, -0.2) is 4.79 Å². The molecule has 1 aliphatic heterocycles. The van der Waals surface area contributed by atoms with Crippen LogP contribution in [0, 0.1) is 5.41 Å². The third kappa shape index (κ3) is 3.27. The summed E-state index contributed by atoms with van der Waals surface area (Å²) in [5.74, 6) is -2.45. The zero-order chi connectivity index (χ0) is 17.9. The van der Waals surface area contributed by atoms with Crippen LogP contribution >= 0.6 is 0 Å². The van der Waals surface area contributed by atoms with Crippen LogP contribution in [0.25, 0.3) is 0 Å². The molecule has 0 bridgehead atoms. The normalized spacial score (nSPS) is 17.3. The maximum absolute atomic E-state index is 12.5. The summed E-state index contributed by atoms with van der Waals surface area (Å²) in [6.45, 7) is -0.0327. The van der Waals surface area contributed by atoms with Crippen molar-refractivity contribution in [1.82, 2.24) is 5.06 Å². The number of hydrogen-bond acceptors (Lipinski definition) is 7. The van der Waals surface area contributed by atoms with Gasteiger partial charge in [0.2, 0.25) is 0 Å². The van der Waals surface area contributed by atoms with E-state index in [0.29, 0.717) is 17.7 Å². The number of ketones is 1. The van der Waals surface area contributed by atoms with Crippen molar-refractivity contribution in [3.05, 3.63) is 47.7 Å². The van der Waals surface area contributed by atoms with Gasteiger partial charge in [0.05, 0.1) is 12.6 Å². The number of nitrogen functional groups attached to an aromatic ring is 1. The van der Waals surface area contributed by atoms with Gasteiger partial charge in [-0.05, 0) is 11.6 Å². The van der Waals surface area contributed by atoms with Crippen LogP contribution in [0.15, 0.2) is 36.5 Å². The van der Waals surface area contributed by atoms with Gasteiger partial charge in [-0.1, -0.05) is 24.3 Å². The fourth-order valence-corrected chi connectivity index (χ4v) is 2.27. The zero-order valence-electron chi connectivity index (χ0n) is 12.8. The number of carboxylic acids is 1. The van der Waals surface area contributed by atoms with Crippen LogP contribution in [0.2, 0.25) is 0 Å². The first kappa shape index (κ1) is 17.6. The molecule has 1 aromatic carbocycles. The predicted octanol–water partition coefficient (Wildman–Crippen LogP) is -0.917. The molecular weight excluding hydrogens is 314 g/mol.